The molecule has 3 aromatic carbocycles. The van der Waals surface area contributed by atoms with Crippen molar-refractivity contribution < 1.29 is 14.3 Å². The van der Waals surface area contributed by atoms with Crippen LogP contribution < -0.4 is 15.0 Å². The molecule has 0 fully saturated rings. The molecule has 1 heterocycles. The highest BCUT2D eigenvalue weighted by molar-refractivity contribution is 6.01. The molecule has 5 heteroatoms. The van der Waals surface area contributed by atoms with E-state index in [1.54, 1.807) is 7.11 Å². The Hall–Kier alpha value is -3.86. The van der Waals surface area contributed by atoms with Gasteiger partial charge in [-0.1, -0.05) is 67.6 Å². The predicted molar refractivity (Wildman–Crippen MR) is 134 cm³/mol. The maximum Gasteiger partial charge on any atom is 0.227 e. The summed E-state index contributed by atoms with van der Waals surface area (Å²) in [5, 5.41) is 3.54. The van der Waals surface area contributed by atoms with E-state index in [0.29, 0.717) is 12.8 Å². The van der Waals surface area contributed by atoms with Crippen molar-refractivity contribution >= 4 is 23.1 Å². The highest BCUT2D eigenvalue weighted by Gasteiger charge is 2.44. The minimum atomic E-state index is -0.472. The number of fused-ring (bicyclic) bond motifs is 2. The summed E-state index contributed by atoms with van der Waals surface area (Å²) in [5.74, 6) is 0.389. The number of para-hydroxylation sites is 2. The number of anilines is 2. The molecule has 0 saturated carbocycles. The first-order valence-corrected chi connectivity index (χ1v) is 11.7. The van der Waals surface area contributed by atoms with Crippen LogP contribution in [0.3, 0.4) is 0 Å². The molecular formula is C29H28N2O3. The summed E-state index contributed by atoms with van der Waals surface area (Å²) in [6, 6.07) is 25.2. The highest BCUT2D eigenvalue weighted by Crippen LogP contribution is 2.48. The van der Waals surface area contributed by atoms with Crippen LogP contribution in [0.5, 0.6) is 5.75 Å². The number of Topliss-reactive ketones (excluding diaryl/α,β-unsaturated/α-hetero) is 1. The van der Waals surface area contributed by atoms with E-state index in [0.717, 1.165) is 33.9 Å². The van der Waals surface area contributed by atoms with Crippen LogP contribution in [0.1, 0.15) is 42.9 Å². The molecule has 0 saturated heterocycles. The topological polar surface area (TPSA) is 58.6 Å². The van der Waals surface area contributed by atoms with Gasteiger partial charge in [0.2, 0.25) is 5.91 Å². The Morgan fingerprint density at radius 2 is 1.68 bits per heavy atom. The summed E-state index contributed by atoms with van der Waals surface area (Å²) in [6.07, 6.45) is 2.91. The average Bonchev–Trinajstić information content (AvgIpc) is 3.03. The van der Waals surface area contributed by atoms with E-state index in [-0.39, 0.29) is 17.6 Å². The van der Waals surface area contributed by atoms with Crippen molar-refractivity contribution in [2.24, 2.45) is 5.92 Å². The van der Waals surface area contributed by atoms with Crippen LogP contribution in [-0.2, 0) is 9.59 Å². The third-order valence-corrected chi connectivity index (χ3v) is 6.78. The summed E-state index contributed by atoms with van der Waals surface area (Å²) in [5.41, 5.74) is 4.51. The first-order valence-electron chi connectivity index (χ1n) is 11.7. The number of carbonyl (C=O) groups excluding carboxylic acids is 2. The largest absolute Gasteiger partial charge is 0.497 e. The monoisotopic (exact) mass is 452 g/mol. The van der Waals surface area contributed by atoms with Crippen LogP contribution in [0.25, 0.3) is 0 Å². The molecule has 1 aliphatic carbocycles. The van der Waals surface area contributed by atoms with E-state index in [1.165, 1.54) is 0 Å². The number of nitrogens with one attached hydrogen (secondary N) is 1. The first-order chi connectivity index (χ1) is 16.6. The SMILES string of the molecule is CCC(=O)N1c2ccccc2NC2=C[C@H](c3ccc(OC)cc3)CC(=O)[C@@H]2[C@H]1c1ccccc1. The van der Waals surface area contributed by atoms with Crippen molar-refractivity contribution in [3.8, 4) is 5.75 Å². The number of ketones is 1. The second-order valence-electron chi connectivity index (χ2n) is 8.76. The quantitative estimate of drug-likeness (QED) is 0.539. The fourth-order valence-corrected chi connectivity index (χ4v) is 5.12. The van der Waals surface area contributed by atoms with Gasteiger partial charge in [0.15, 0.2) is 0 Å². The number of carbonyl (C=O) groups is 2. The lowest BCUT2D eigenvalue weighted by Gasteiger charge is -2.37. The lowest BCUT2D eigenvalue weighted by molar-refractivity contribution is -0.123. The molecule has 1 amide bonds. The summed E-state index contributed by atoms with van der Waals surface area (Å²) >= 11 is 0. The van der Waals surface area contributed by atoms with Crippen LogP contribution in [0.2, 0.25) is 0 Å². The lowest BCUT2D eigenvalue weighted by Crippen LogP contribution is -2.42. The molecule has 1 aliphatic heterocycles. The third-order valence-electron chi connectivity index (χ3n) is 6.78. The zero-order valence-corrected chi connectivity index (χ0v) is 19.4. The van der Waals surface area contributed by atoms with Crippen LogP contribution in [0.15, 0.2) is 90.6 Å². The van der Waals surface area contributed by atoms with Crippen LogP contribution in [-0.4, -0.2) is 18.8 Å². The molecule has 172 valence electrons. The molecule has 0 spiro atoms. The molecular weight excluding hydrogens is 424 g/mol. The molecule has 5 rings (SSSR count). The molecule has 34 heavy (non-hydrogen) atoms. The molecule has 1 N–H and O–H groups in total. The molecule has 3 atom stereocenters. The lowest BCUT2D eigenvalue weighted by atomic mass is 9.76. The van der Waals surface area contributed by atoms with Crippen molar-refractivity contribution in [2.75, 3.05) is 17.3 Å². The molecule has 3 aromatic rings. The maximum absolute atomic E-state index is 13.8. The Morgan fingerprint density at radius 3 is 2.38 bits per heavy atom. The minimum Gasteiger partial charge on any atom is -0.497 e. The van der Waals surface area contributed by atoms with Gasteiger partial charge < -0.3 is 15.0 Å². The average molecular weight is 453 g/mol. The van der Waals surface area contributed by atoms with Crippen molar-refractivity contribution in [1.29, 1.82) is 0 Å². The van der Waals surface area contributed by atoms with Gasteiger partial charge in [-0.25, -0.2) is 0 Å². The van der Waals surface area contributed by atoms with E-state index in [9.17, 15) is 9.59 Å². The predicted octanol–water partition coefficient (Wildman–Crippen LogP) is 5.86. The molecule has 0 radical (unpaired) electrons. The number of hydrogen-bond donors (Lipinski definition) is 1. The van der Waals surface area contributed by atoms with Crippen molar-refractivity contribution in [2.45, 2.75) is 31.7 Å². The Kier molecular flexibility index (Phi) is 5.93. The van der Waals surface area contributed by atoms with Crippen LogP contribution in [0, 0.1) is 5.92 Å². The normalized spacial score (nSPS) is 21.5. The Morgan fingerprint density at radius 1 is 0.971 bits per heavy atom. The van der Waals surface area contributed by atoms with Gasteiger partial charge >= 0.3 is 0 Å². The fourth-order valence-electron chi connectivity index (χ4n) is 5.12. The number of benzene rings is 3. The summed E-state index contributed by atoms with van der Waals surface area (Å²) in [7, 11) is 1.64. The van der Waals surface area contributed by atoms with E-state index >= 15 is 0 Å². The van der Waals surface area contributed by atoms with Gasteiger partial charge in [0.05, 0.1) is 30.4 Å². The second kappa shape index (κ2) is 9.18. The van der Waals surface area contributed by atoms with E-state index in [1.807, 2.05) is 90.7 Å². The van der Waals surface area contributed by atoms with Gasteiger partial charge in [-0.2, -0.15) is 0 Å². The number of nitrogens with zero attached hydrogens (tertiary/aromatic N) is 1. The number of ether oxygens (including phenoxy) is 1. The number of hydrogen-bond acceptors (Lipinski definition) is 4. The number of rotatable bonds is 4. The second-order valence-corrected chi connectivity index (χ2v) is 8.76. The van der Waals surface area contributed by atoms with Gasteiger partial charge in [-0.3, -0.25) is 9.59 Å². The number of amides is 1. The van der Waals surface area contributed by atoms with Gasteiger partial charge in [-0.05, 0) is 35.4 Å². The summed E-state index contributed by atoms with van der Waals surface area (Å²) < 4.78 is 5.29. The highest BCUT2D eigenvalue weighted by atomic mass is 16.5. The summed E-state index contributed by atoms with van der Waals surface area (Å²) in [6.45, 7) is 1.87. The molecule has 2 aliphatic rings. The maximum atomic E-state index is 13.8. The van der Waals surface area contributed by atoms with E-state index in [4.69, 9.17) is 4.74 Å². The zero-order chi connectivity index (χ0) is 23.7. The van der Waals surface area contributed by atoms with Crippen molar-refractivity contribution in [3.63, 3.8) is 0 Å². The van der Waals surface area contributed by atoms with Gasteiger partial charge in [0.25, 0.3) is 0 Å². The third kappa shape index (κ3) is 3.87. The smallest absolute Gasteiger partial charge is 0.227 e. The van der Waals surface area contributed by atoms with Crippen molar-refractivity contribution in [1.82, 2.24) is 0 Å². The first kappa shape index (κ1) is 22.0. The summed E-state index contributed by atoms with van der Waals surface area (Å²) in [4.78, 5) is 29.0. The molecule has 5 nitrogen and oxygen atoms in total. The van der Waals surface area contributed by atoms with E-state index in [2.05, 4.69) is 11.4 Å². The Labute approximate surface area is 200 Å². The number of methoxy groups -OCH3 is 1. The molecule has 0 unspecified atom stereocenters. The van der Waals surface area contributed by atoms with Gasteiger partial charge in [-0.15, -0.1) is 0 Å². The molecule has 0 bridgehead atoms. The Balaban J connectivity index is 1.67. The van der Waals surface area contributed by atoms with Crippen molar-refractivity contribution in [3.05, 3.63) is 102 Å². The standard InChI is InChI=1S/C29H28N2O3/c1-3-27(33)31-25-12-8-7-11-23(25)30-24-17-21(19-13-15-22(34-2)16-14-19)18-26(32)28(24)29(31)20-9-5-4-6-10-20/h4-17,21,28-30H,3,18H2,1-2H3/t21-,28+,29+/m0/s1. The minimum absolute atomic E-state index is 0.00516. The molecule has 0 aromatic heterocycles. The van der Waals surface area contributed by atoms with Crippen LogP contribution >= 0.6 is 0 Å². The van der Waals surface area contributed by atoms with Crippen LogP contribution in [0.4, 0.5) is 11.4 Å². The van der Waals surface area contributed by atoms with Gasteiger partial charge in [0, 0.05) is 24.5 Å². The fraction of sp³-hybridized carbons (Fsp3) is 0.241. The zero-order valence-electron chi connectivity index (χ0n) is 19.4. The van der Waals surface area contributed by atoms with Gasteiger partial charge in [0.1, 0.15) is 11.5 Å². The Bertz CT molecular complexity index is 1230. The van der Waals surface area contributed by atoms with E-state index < -0.39 is 12.0 Å². The number of allylic oxidation sites excluding steroid dienone is 1.